The van der Waals surface area contributed by atoms with E-state index in [1.807, 2.05) is 42.5 Å². The van der Waals surface area contributed by atoms with Crippen molar-refractivity contribution in [3.8, 4) is 5.75 Å². The summed E-state index contributed by atoms with van der Waals surface area (Å²) in [6.07, 6.45) is 2.20. The van der Waals surface area contributed by atoms with Gasteiger partial charge in [0.2, 0.25) is 0 Å². The first kappa shape index (κ1) is 19.3. The lowest BCUT2D eigenvalue weighted by Crippen LogP contribution is -2.36. The molecule has 0 radical (unpaired) electrons. The van der Waals surface area contributed by atoms with E-state index in [1.54, 1.807) is 29.4 Å². The van der Waals surface area contributed by atoms with Gasteiger partial charge < -0.3 is 14.1 Å². The molecule has 1 heterocycles. The van der Waals surface area contributed by atoms with Crippen molar-refractivity contribution >= 4 is 29.1 Å². The van der Waals surface area contributed by atoms with Crippen LogP contribution in [0.2, 0.25) is 10.0 Å². The Hall–Kier alpha value is -2.43. The van der Waals surface area contributed by atoms with Crippen molar-refractivity contribution < 1.29 is 13.9 Å². The largest absolute Gasteiger partial charge is 0.484 e. The Morgan fingerprint density at radius 2 is 1.85 bits per heavy atom. The van der Waals surface area contributed by atoms with E-state index in [-0.39, 0.29) is 12.5 Å². The molecule has 0 bridgehead atoms. The quantitative estimate of drug-likeness (QED) is 0.516. The topological polar surface area (TPSA) is 42.7 Å². The molecule has 3 aromatic rings. The summed E-state index contributed by atoms with van der Waals surface area (Å²) in [7, 11) is 0. The van der Waals surface area contributed by atoms with Crippen molar-refractivity contribution in [3.63, 3.8) is 0 Å². The van der Waals surface area contributed by atoms with Crippen LogP contribution in [0, 0.1) is 0 Å². The Bertz CT molecular complexity index is 866. The Kier molecular flexibility index (Phi) is 6.80. The third kappa shape index (κ3) is 5.78. The van der Waals surface area contributed by atoms with Gasteiger partial charge in [-0.2, -0.15) is 0 Å². The average Bonchev–Trinajstić information content (AvgIpc) is 3.18. The molecule has 0 saturated carbocycles. The second-order valence-corrected chi connectivity index (χ2v) is 6.83. The number of carbonyl (C=O) groups excluding carboxylic acids is 1. The summed E-state index contributed by atoms with van der Waals surface area (Å²) in [5, 5.41) is 1.18. The molecule has 6 heteroatoms. The normalized spacial score (nSPS) is 10.6. The summed E-state index contributed by atoms with van der Waals surface area (Å²) in [5.41, 5.74) is 0.933. The van der Waals surface area contributed by atoms with Crippen LogP contribution in [0.1, 0.15) is 11.3 Å². The maximum Gasteiger partial charge on any atom is 0.260 e. The highest BCUT2D eigenvalue weighted by Gasteiger charge is 2.17. The Morgan fingerprint density at radius 1 is 1.04 bits per heavy atom. The van der Waals surface area contributed by atoms with Crippen LogP contribution < -0.4 is 4.74 Å². The predicted molar refractivity (Wildman–Crippen MR) is 106 cm³/mol. The Morgan fingerprint density at radius 3 is 2.56 bits per heavy atom. The van der Waals surface area contributed by atoms with Crippen LogP contribution in [0.15, 0.2) is 71.3 Å². The van der Waals surface area contributed by atoms with E-state index in [1.165, 1.54) is 0 Å². The first-order chi connectivity index (χ1) is 13.1. The lowest BCUT2D eigenvalue weighted by atomic mass is 10.1. The first-order valence-corrected chi connectivity index (χ1v) is 9.29. The number of rotatable bonds is 8. The standard InChI is InChI=1S/C21H19Cl2NO3/c22-17-9-8-16(20(23)13-17)10-11-24(14-19-7-4-12-26-19)21(25)15-27-18-5-2-1-3-6-18/h1-9,12-13H,10-11,14-15H2. The molecule has 1 aromatic heterocycles. The minimum absolute atomic E-state index is 0.0426. The monoisotopic (exact) mass is 403 g/mol. The van der Waals surface area contributed by atoms with Crippen LogP contribution in [-0.2, 0) is 17.8 Å². The van der Waals surface area contributed by atoms with Crippen LogP contribution in [0.3, 0.4) is 0 Å². The molecule has 0 aliphatic heterocycles. The van der Waals surface area contributed by atoms with Crippen LogP contribution in [0.4, 0.5) is 0 Å². The van der Waals surface area contributed by atoms with Gasteiger partial charge in [0.05, 0.1) is 12.8 Å². The number of halogens is 2. The van der Waals surface area contributed by atoms with E-state index in [0.717, 1.165) is 5.56 Å². The average molecular weight is 404 g/mol. The number of carbonyl (C=O) groups is 1. The van der Waals surface area contributed by atoms with Gasteiger partial charge in [0, 0.05) is 16.6 Å². The van der Waals surface area contributed by atoms with Crippen molar-refractivity contribution in [1.82, 2.24) is 4.90 Å². The fourth-order valence-electron chi connectivity index (χ4n) is 2.62. The Labute approximate surface area is 168 Å². The highest BCUT2D eigenvalue weighted by molar-refractivity contribution is 6.35. The number of benzene rings is 2. The van der Waals surface area contributed by atoms with E-state index in [4.69, 9.17) is 32.4 Å². The van der Waals surface area contributed by atoms with Crippen molar-refractivity contribution in [2.45, 2.75) is 13.0 Å². The highest BCUT2D eigenvalue weighted by Crippen LogP contribution is 2.22. The van der Waals surface area contributed by atoms with E-state index in [9.17, 15) is 4.79 Å². The molecule has 0 saturated heterocycles. The van der Waals surface area contributed by atoms with Crippen LogP contribution >= 0.6 is 23.2 Å². The minimum Gasteiger partial charge on any atom is -0.484 e. The highest BCUT2D eigenvalue weighted by atomic mass is 35.5. The van der Waals surface area contributed by atoms with E-state index in [0.29, 0.717) is 41.1 Å². The molecule has 0 aliphatic carbocycles. The maximum absolute atomic E-state index is 12.7. The lowest BCUT2D eigenvalue weighted by molar-refractivity contribution is -0.134. The molecular weight excluding hydrogens is 385 g/mol. The summed E-state index contributed by atoms with van der Waals surface area (Å²) in [6, 6.07) is 18.3. The molecule has 4 nitrogen and oxygen atoms in total. The van der Waals surface area contributed by atoms with Gasteiger partial charge >= 0.3 is 0 Å². The maximum atomic E-state index is 12.7. The summed E-state index contributed by atoms with van der Waals surface area (Å²) in [4.78, 5) is 14.4. The molecule has 0 fully saturated rings. The van der Waals surface area contributed by atoms with Gasteiger partial charge in [0.15, 0.2) is 6.61 Å². The van der Waals surface area contributed by atoms with Gasteiger partial charge in [-0.1, -0.05) is 47.5 Å². The van der Waals surface area contributed by atoms with Gasteiger partial charge in [-0.25, -0.2) is 0 Å². The zero-order chi connectivity index (χ0) is 19.1. The summed E-state index contributed by atoms with van der Waals surface area (Å²) in [5.74, 6) is 1.25. The summed E-state index contributed by atoms with van der Waals surface area (Å²) >= 11 is 12.2. The molecule has 0 aliphatic rings. The minimum atomic E-state index is -0.125. The van der Waals surface area contributed by atoms with Gasteiger partial charge in [-0.05, 0) is 48.4 Å². The second-order valence-electron chi connectivity index (χ2n) is 5.98. The molecule has 0 atom stereocenters. The van der Waals surface area contributed by atoms with Crippen molar-refractivity contribution in [2.24, 2.45) is 0 Å². The molecule has 1 amide bonds. The van der Waals surface area contributed by atoms with Crippen molar-refractivity contribution in [2.75, 3.05) is 13.2 Å². The van der Waals surface area contributed by atoms with E-state index < -0.39 is 0 Å². The van der Waals surface area contributed by atoms with Crippen LogP contribution in [0.5, 0.6) is 5.75 Å². The smallest absolute Gasteiger partial charge is 0.260 e. The number of furan rings is 1. The van der Waals surface area contributed by atoms with Crippen molar-refractivity contribution in [1.29, 1.82) is 0 Å². The fourth-order valence-corrected chi connectivity index (χ4v) is 3.12. The fraction of sp³-hybridized carbons (Fsp3) is 0.190. The number of amides is 1. The van der Waals surface area contributed by atoms with Gasteiger partial charge in [0.25, 0.3) is 5.91 Å². The number of nitrogens with zero attached hydrogens (tertiary/aromatic N) is 1. The second kappa shape index (κ2) is 9.49. The SMILES string of the molecule is O=C(COc1ccccc1)N(CCc1ccc(Cl)cc1Cl)Cc1ccco1. The molecular formula is C21H19Cl2NO3. The molecule has 0 unspecified atom stereocenters. The van der Waals surface area contributed by atoms with Gasteiger partial charge in [0.1, 0.15) is 11.5 Å². The van der Waals surface area contributed by atoms with E-state index >= 15 is 0 Å². The third-order valence-electron chi connectivity index (χ3n) is 4.05. The summed E-state index contributed by atoms with van der Waals surface area (Å²) < 4.78 is 11.0. The zero-order valence-corrected chi connectivity index (χ0v) is 16.1. The van der Waals surface area contributed by atoms with Gasteiger partial charge in [-0.3, -0.25) is 4.79 Å². The lowest BCUT2D eigenvalue weighted by Gasteiger charge is -2.22. The zero-order valence-electron chi connectivity index (χ0n) is 14.6. The number of hydrogen-bond acceptors (Lipinski definition) is 3. The summed E-state index contributed by atoms with van der Waals surface area (Å²) in [6.45, 7) is 0.813. The molecule has 0 N–H and O–H groups in total. The molecule has 3 rings (SSSR count). The first-order valence-electron chi connectivity index (χ1n) is 8.54. The molecule has 27 heavy (non-hydrogen) atoms. The van der Waals surface area contributed by atoms with E-state index in [2.05, 4.69) is 0 Å². The molecule has 0 spiro atoms. The predicted octanol–water partition coefficient (Wildman–Crippen LogP) is 5.24. The molecule has 2 aromatic carbocycles. The van der Waals surface area contributed by atoms with Gasteiger partial charge in [-0.15, -0.1) is 0 Å². The van der Waals surface area contributed by atoms with Crippen LogP contribution in [-0.4, -0.2) is 24.0 Å². The number of para-hydroxylation sites is 1. The van der Waals surface area contributed by atoms with Crippen LogP contribution in [0.25, 0.3) is 0 Å². The Balaban J connectivity index is 1.65. The third-order valence-corrected chi connectivity index (χ3v) is 4.64. The van der Waals surface area contributed by atoms with Crippen molar-refractivity contribution in [3.05, 3.63) is 88.3 Å². The molecule has 140 valence electrons. The number of ether oxygens (including phenoxy) is 1. The number of hydrogen-bond donors (Lipinski definition) is 0.